The Morgan fingerprint density at radius 2 is 2.05 bits per heavy atom. The van der Waals surface area contributed by atoms with Crippen molar-refractivity contribution in [3.8, 4) is 0 Å². The summed E-state index contributed by atoms with van der Waals surface area (Å²) in [5.41, 5.74) is 1.12. The minimum absolute atomic E-state index is 0.0538. The third-order valence-corrected chi connectivity index (χ3v) is 5.39. The van der Waals surface area contributed by atoms with E-state index in [-0.39, 0.29) is 17.7 Å². The van der Waals surface area contributed by atoms with E-state index in [1.165, 1.54) is 0 Å². The second-order valence-corrected chi connectivity index (χ2v) is 7.98. The van der Waals surface area contributed by atoms with E-state index in [4.69, 9.17) is 0 Å². The van der Waals surface area contributed by atoms with E-state index >= 15 is 0 Å². The number of amides is 1. The molecule has 6 heteroatoms. The molecule has 1 unspecified atom stereocenters. The molecule has 1 aromatic rings. The molecule has 2 rings (SSSR count). The van der Waals surface area contributed by atoms with Crippen LogP contribution in [0.25, 0.3) is 0 Å². The number of sulfone groups is 1. The van der Waals surface area contributed by atoms with Crippen LogP contribution in [0.3, 0.4) is 0 Å². The second-order valence-electron chi connectivity index (χ2n) is 5.79. The molecule has 1 amide bonds. The van der Waals surface area contributed by atoms with Gasteiger partial charge in [0.25, 0.3) is 0 Å². The minimum atomic E-state index is -3.33. The Balaban J connectivity index is 1.71. The molecule has 1 aliphatic heterocycles. The van der Waals surface area contributed by atoms with Crippen LogP contribution >= 0.6 is 0 Å². The minimum Gasteiger partial charge on any atom is -0.351 e. The number of rotatable bonds is 7. The van der Waals surface area contributed by atoms with Crippen molar-refractivity contribution in [3.05, 3.63) is 35.9 Å². The molecule has 5 nitrogen and oxygen atoms in total. The van der Waals surface area contributed by atoms with Crippen molar-refractivity contribution in [3.63, 3.8) is 0 Å². The topological polar surface area (TPSA) is 75.3 Å². The number of piperidine rings is 1. The summed E-state index contributed by atoms with van der Waals surface area (Å²) in [6.45, 7) is 1.68. The Kier molecular flexibility index (Phi) is 6.39. The molecule has 0 saturated carbocycles. The van der Waals surface area contributed by atoms with Crippen molar-refractivity contribution in [2.75, 3.05) is 24.6 Å². The number of carbonyl (C=O) groups excluding carboxylic acids is 1. The smallest absolute Gasteiger partial charge is 0.235 e. The first-order valence-corrected chi connectivity index (χ1v) is 9.62. The molecule has 1 fully saturated rings. The van der Waals surface area contributed by atoms with E-state index in [1.807, 2.05) is 30.3 Å². The summed E-state index contributed by atoms with van der Waals surface area (Å²) in [6, 6.07) is 9.83. The fraction of sp³-hybridized carbons (Fsp3) is 0.562. The maximum absolute atomic E-state index is 12.0. The zero-order valence-electron chi connectivity index (χ0n) is 12.8. The van der Waals surface area contributed by atoms with Crippen LogP contribution in [0.15, 0.2) is 30.3 Å². The molecular weight excluding hydrogens is 300 g/mol. The molecule has 0 aromatic heterocycles. The van der Waals surface area contributed by atoms with Crippen molar-refractivity contribution in [1.29, 1.82) is 0 Å². The van der Waals surface area contributed by atoms with Gasteiger partial charge in [0.1, 0.15) is 5.75 Å². The molecule has 0 aliphatic carbocycles. The molecule has 122 valence electrons. The van der Waals surface area contributed by atoms with Gasteiger partial charge in [0.05, 0.1) is 5.75 Å². The van der Waals surface area contributed by atoms with Gasteiger partial charge in [-0.3, -0.25) is 4.79 Å². The van der Waals surface area contributed by atoms with E-state index in [9.17, 15) is 13.2 Å². The molecule has 1 aliphatic rings. The van der Waals surface area contributed by atoms with Crippen molar-refractivity contribution < 1.29 is 13.2 Å². The van der Waals surface area contributed by atoms with Crippen LogP contribution in [-0.2, 0) is 21.1 Å². The monoisotopic (exact) mass is 324 g/mol. The molecule has 0 bridgehead atoms. The normalized spacial score (nSPS) is 18.8. The summed E-state index contributed by atoms with van der Waals surface area (Å²) < 4.78 is 24.0. The van der Waals surface area contributed by atoms with Gasteiger partial charge in [0.2, 0.25) is 5.91 Å². The van der Waals surface area contributed by atoms with Gasteiger partial charge in [0, 0.05) is 12.6 Å². The zero-order valence-corrected chi connectivity index (χ0v) is 13.6. The third-order valence-electron chi connectivity index (χ3n) is 3.78. The van der Waals surface area contributed by atoms with E-state index in [1.54, 1.807) is 0 Å². The number of benzene rings is 1. The molecule has 1 heterocycles. The Hall–Kier alpha value is -1.40. The highest BCUT2D eigenvalue weighted by Crippen LogP contribution is 2.05. The number of nitrogens with one attached hydrogen (secondary N) is 2. The van der Waals surface area contributed by atoms with Gasteiger partial charge in [0.15, 0.2) is 9.84 Å². The number of hydrogen-bond donors (Lipinski definition) is 2. The largest absolute Gasteiger partial charge is 0.351 e. The van der Waals surface area contributed by atoms with Gasteiger partial charge in [-0.15, -0.1) is 0 Å². The first-order valence-electron chi connectivity index (χ1n) is 7.79. The van der Waals surface area contributed by atoms with Crippen LogP contribution in [0, 0.1) is 0 Å². The molecule has 1 saturated heterocycles. The maximum Gasteiger partial charge on any atom is 0.235 e. The van der Waals surface area contributed by atoms with E-state index < -0.39 is 15.6 Å². The molecule has 0 spiro atoms. The van der Waals surface area contributed by atoms with E-state index in [0.717, 1.165) is 31.5 Å². The Morgan fingerprint density at radius 3 is 2.73 bits per heavy atom. The fourth-order valence-electron chi connectivity index (χ4n) is 2.66. The van der Waals surface area contributed by atoms with Gasteiger partial charge in [-0.05, 0) is 37.8 Å². The van der Waals surface area contributed by atoms with Crippen LogP contribution in [0.4, 0.5) is 0 Å². The lowest BCUT2D eigenvalue weighted by Gasteiger charge is -2.23. The SMILES string of the molecule is O=C(CS(=O)(=O)CCCc1ccccc1)NC1CCCNC1. The molecular formula is C16H24N2O3S. The predicted octanol–water partition coefficient (Wildman–Crippen LogP) is 0.902. The summed E-state index contributed by atoms with van der Waals surface area (Å²) in [6.07, 6.45) is 3.18. The van der Waals surface area contributed by atoms with Crippen molar-refractivity contribution in [1.82, 2.24) is 10.6 Å². The van der Waals surface area contributed by atoms with Gasteiger partial charge >= 0.3 is 0 Å². The Bertz CT molecular complexity index is 566. The average molecular weight is 324 g/mol. The van der Waals surface area contributed by atoms with Gasteiger partial charge < -0.3 is 10.6 Å². The first kappa shape index (κ1) is 17.0. The maximum atomic E-state index is 12.0. The molecule has 22 heavy (non-hydrogen) atoms. The van der Waals surface area contributed by atoms with Crippen LogP contribution in [0.5, 0.6) is 0 Å². The summed E-state index contributed by atoms with van der Waals surface area (Å²) in [5.74, 6) is -0.732. The summed E-state index contributed by atoms with van der Waals surface area (Å²) >= 11 is 0. The lowest BCUT2D eigenvalue weighted by atomic mass is 10.1. The predicted molar refractivity (Wildman–Crippen MR) is 87.5 cm³/mol. The van der Waals surface area contributed by atoms with E-state index in [0.29, 0.717) is 12.8 Å². The van der Waals surface area contributed by atoms with E-state index in [2.05, 4.69) is 10.6 Å². The first-order chi connectivity index (χ1) is 10.6. The highest BCUT2D eigenvalue weighted by Gasteiger charge is 2.20. The van der Waals surface area contributed by atoms with Gasteiger partial charge in [-0.25, -0.2) is 8.42 Å². The summed E-state index contributed by atoms with van der Waals surface area (Å²) in [7, 11) is -3.33. The number of hydrogen-bond acceptors (Lipinski definition) is 4. The zero-order chi connectivity index (χ0) is 15.8. The quantitative estimate of drug-likeness (QED) is 0.781. The Labute approximate surface area is 132 Å². The molecule has 0 radical (unpaired) electrons. The Morgan fingerprint density at radius 1 is 1.27 bits per heavy atom. The number of carbonyl (C=O) groups is 1. The van der Waals surface area contributed by atoms with Crippen LogP contribution < -0.4 is 10.6 Å². The number of aryl methyl sites for hydroxylation is 1. The van der Waals surface area contributed by atoms with Crippen molar-refractivity contribution in [2.45, 2.75) is 31.7 Å². The molecule has 2 N–H and O–H groups in total. The van der Waals surface area contributed by atoms with Crippen molar-refractivity contribution in [2.24, 2.45) is 0 Å². The van der Waals surface area contributed by atoms with Crippen LogP contribution in [0.2, 0.25) is 0 Å². The summed E-state index contributed by atoms with van der Waals surface area (Å²) in [5, 5.41) is 5.99. The average Bonchev–Trinajstić information content (AvgIpc) is 2.48. The lowest BCUT2D eigenvalue weighted by molar-refractivity contribution is -0.119. The lowest BCUT2D eigenvalue weighted by Crippen LogP contribution is -2.47. The highest BCUT2D eigenvalue weighted by molar-refractivity contribution is 7.92. The molecule has 1 aromatic carbocycles. The standard InChI is InChI=1S/C16H24N2O3S/c19-16(18-15-9-4-10-17-12-15)13-22(20,21)11-5-8-14-6-2-1-3-7-14/h1-3,6-7,15,17H,4-5,8-13H2,(H,18,19). The highest BCUT2D eigenvalue weighted by atomic mass is 32.2. The second kappa shape index (κ2) is 8.29. The fourth-order valence-corrected chi connectivity index (χ4v) is 3.87. The van der Waals surface area contributed by atoms with Gasteiger partial charge in [-0.2, -0.15) is 0 Å². The van der Waals surface area contributed by atoms with Crippen LogP contribution in [-0.4, -0.2) is 45.0 Å². The molecule has 1 atom stereocenters. The third kappa shape index (κ3) is 6.15. The summed E-state index contributed by atoms with van der Waals surface area (Å²) in [4.78, 5) is 11.8. The van der Waals surface area contributed by atoms with Crippen molar-refractivity contribution >= 4 is 15.7 Å². The van der Waals surface area contributed by atoms with Crippen LogP contribution in [0.1, 0.15) is 24.8 Å². The van der Waals surface area contributed by atoms with Gasteiger partial charge in [-0.1, -0.05) is 30.3 Å².